The third-order valence-corrected chi connectivity index (χ3v) is 3.05. The van der Waals surface area contributed by atoms with Crippen LogP contribution in [0.5, 0.6) is 0 Å². The highest BCUT2D eigenvalue weighted by Crippen LogP contribution is 2.17. The maximum atomic E-state index is 8.68. The van der Waals surface area contributed by atoms with Gasteiger partial charge in [-0.3, -0.25) is 0 Å². The van der Waals surface area contributed by atoms with E-state index in [4.69, 9.17) is 10.00 Å². The number of aromatic nitrogens is 1. The summed E-state index contributed by atoms with van der Waals surface area (Å²) in [5, 5.41) is 8.68. The van der Waals surface area contributed by atoms with Gasteiger partial charge in [0.05, 0.1) is 18.0 Å². The second-order valence-electron chi connectivity index (χ2n) is 4.38. The highest BCUT2D eigenvalue weighted by Gasteiger charge is 2.16. The summed E-state index contributed by atoms with van der Waals surface area (Å²) in [6.07, 6.45) is 5.63. The van der Waals surface area contributed by atoms with E-state index in [9.17, 15) is 0 Å². The number of rotatable bonds is 3. The molecule has 17 heavy (non-hydrogen) atoms. The Morgan fingerprint density at radius 1 is 1.53 bits per heavy atom. The number of pyridine rings is 1. The first kappa shape index (κ1) is 11.9. The van der Waals surface area contributed by atoms with Crippen LogP contribution in [-0.4, -0.2) is 31.3 Å². The van der Waals surface area contributed by atoms with Crippen LogP contribution in [0.2, 0.25) is 0 Å². The second kappa shape index (κ2) is 5.65. The number of likely N-dealkylation sites (N-methyl/N-ethyl adjacent to an activating group) is 1. The zero-order chi connectivity index (χ0) is 12.1. The van der Waals surface area contributed by atoms with Crippen LogP contribution in [0.15, 0.2) is 18.3 Å². The largest absolute Gasteiger partial charge is 0.376 e. The Hall–Kier alpha value is -1.60. The third-order valence-electron chi connectivity index (χ3n) is 3.05. The predicted molar refractivity (Wildman–Crippen MR) is 65.8 cm³/mol. The van der Waals surface area contributed by atoms with Crippen molar-refractivity contribution in [2.75, 3.05) is 25.1 Å². The molecule has 0 aromatic carbocycles. The average Bonchev–Trinajstić information content (AvgIpc) is 2.40. The molecule has 0 aliphatic carbocycles. The maximum Gasteiger partial charge on any atom is 0.140 e. The zero-order valence-electron chi connectivity index (χ0n) is 10.1. The molecule has 2 heterocycles. The molecule has 0 bridgehead atoms. The fourth-order valence-corrected chi connectivity index (χ4v) is 2.04. The molecule has 1 aromatic heterocycles. The molecule has 0 amide bonds. The van der Waals surface area contributed by atoms with Crippen LogP contribution in [0.4, 0.5) is 5.69 Å². The van der Waals surface area contributed by atoms with Gasteiger partial charge in [0, 0.05) is 20.2 Å². The molecule has 1 aromatic rings. The van der Waals surface area contributed by atoms with Gasteiger partial charge in [-0.25, -0.2) is 4.98 Å². The lowest BCUT2D eigenvalue weighted by Crippen LogP contribution is -2.33. The number of hydrogen-bond acceptors (Lipinski definition) is 4. The first-order valence-corrected chi connectivity index (χ1v) is 5.98. The van der Waals surface area contributed by atoms with Crippen molar-refractivity contribution in [3.8, 4) is 6.07 Å². The number of ether oxygens (including phenoxy) is 1. The Morgan fingerprint density at radius 3 is 3.00 bits per heavy atom. The van der Waals surface area contributed by atoms with Crippen LogP contribution in [0.3, 0.4) is 0 Å². The Kier molecular flexibility index (Phi) is 3.94. The Morgan fingerprint density at radius 2 is 2.41 bits per heavy atom. The van der Waals surface area contributed by atoms with Gasteiger partial charge in [-0.15, -0.1) is 0 Å². The quantitative estimate of drug-likeness (QED) is 0.798. The normalized spacial score (nSPS) is 19.6. The Labute approximate surface area is 102 Å². The maximum absolute atomic E-state index is 8.68. The van der Waals surface area contributed by atoms with Crippen molar-refractivity contribution in [1.82, 2.24) is 4.98 Å². The van der Waals surface area contributed by atoms with Crippen LogP contribution in [0, 0.1) is 11.3 Å². The van der Waals surface area contributed by atoms with E-state index >= 15 is 0 Å². The molecule has 2 rings (SSSR count). The number of anilines is 1. The van der Waals surface area contributed by atoms with E-state index in [0.717, 1.165) is 25.3 Å². The fraction of sp³-hybridized carbons (Fsp3) is 0.538. The molecule has 1 aliphatic rings. The molecular formula is C13H17N3O. The minimum Gasteiger partial charge on any atom is -0.376 e. The summed E-state index contributed by atoms with van der Waals surface area (Å²) in [4.78, 5) is 6.20. The van der Waals surface area contributed by atoms with E-state index in [1.165, 1.54) is 12.8 Å². The highest BCUT2D eigenvalue weighted by atomic mass is 16.5. The minimum atomic E-state index is 0.324. The molecule has 1 atom stereocenters. The van der Waals surface area contributed by atoms with E-state index in [1.54, 1.807) is 12.3 Å². The first-order chi connectivity index (χ1) is 8.29. The number of hydrogen-bond donors (Lipinski definition) is 0. The molecule has 90 valence electrons. The summed E-state index contributed by atoms with van der Waals surface area (Å²) in [5.41, 5.74) is 1.48. The van der Waals surface area contributed by atoms with Gasteiger partial charge in [0.25, 0.3) is 0 Å². The smallest absolute Gasteiger partial charge is 0.140 e. The molecule has 1 saturated heterocycles. The van der Waals surface area contributed by atoms with Crippen LogP contribution in [-0.2, 0) is 4.74 Å². The van der Waals surface area contributed by atoms with Gasteiger partial charge in [-0.2, -0.15) is 5.26 Å². The Balaban J connectivity index is 1.94. The molecule has 1 aliphatic heterocycles. The van der Waals surface area contributed by atoms with Gasteiger partial charge in [-0.1, -0.05) is 0 Å². The molecule has 1 unspecified atom stereocenters. The van der Waals surface area contributed by atoms with Crippen molar-refractivity contribution in [1.29, 1.82) is 5.26 Å². The van der Waals surface area contributed by atoms with Crippen molar-refractivity contribution in [3.63, 3.8) is 0 Å². The standard InChI is InChI=1S/C13H17N3O/c1-16(10-13-4-2-3-7-17-13)12-6-5-11(8-14)15-9-12/h5-6,9,13H,2-4,7,10H2,1H3. The van der Waals surface area contributed by atoms with E-state index in [-0.39, 0.29) is 0 Å². The SMILES string of the molecule is CN(CC1CCCCO1)c1ccc(C#N)nc1. The van der Waals surface area contributed by atoms with Crippen LogP contribution in [0.1, 0.15) is 25.0 Å². The van der Waals surface area contributed by atoms with Gasteiger partial charge in [-0.05, 0) is 31.4 Å². The van der Waals surface area contributed by atoms with Crippen LogP contribution < -0.4 is 4.90 Å². The van der Waals surface area contributed by atoms with Crippen LogP contribution >= 0.6 is 0 Å². The Bertz CT molecular complexity index is 390. The fourth-order valence-electron chi connectivity index (χ4n) is 2.04. The average molecular weight is 231 g/mol. The van der Waals surface area contributed by atoms with Gasteiger partial charge < -0.3 is 9.64 Å². The third kappa shape index (κ3) is 3.18. The van der Waals surface area contributed by atoms with E-state index in [1.807, 2.05) is 19.2 Å². The number of nitriles is 1. The molecular weight excluding hydrogens is 214 g/mol. The first-order valence-electron chi connectivity index (χ1n) is 5.98. The predicted octanol–water partition coefficient (Wildman–Crippen LogP) is 1.96. The van der Waals surface area contributed by atoms with E-state index < -0.39 is 0 Å². The lowest BCUT2D eigenvalue weighted by molar-refractivity contribution is 0.0216. The van der Waals surface area contributed by atoms with E-state index in [0.29, 0.717) is 11.8 Å². The minimum absolute atomic E-state index is 0.324. The van der Waals surface area contributed by atoms with Gasteiger partial charge in [0.1, 0.15) is 11.8 Å². The zero-order valence-corrected chi connectivity index (χ0v) is 10.1. The van der Waals surface area contributed by atoms with Gasteiger partial charge in [0.2, 0.25) is 0 Å². The topological polar surface area (TPSA) is 49.1 Å². The van der Waals surface area contributed by atoms with E-state index in [2.05, 4.69) is 9.88 Å². The number of nitrogens with zero attached hydrogens (tertiary/aromatic N) is 3. The highest BCUT2D eigenvalue weighted by molar-refractivity contribution is 5.45. The van der Waals surface area contributed by atoms with Gasteiger partial charge in [0.15, 0.2) is 0 Å². The molecule has 1 fully saturated rings. The molecule has 4 nitrogen and oxygen atoms in total. The lowest BCUT2D eigenvalue weighted by Gasteiger charge is -2.28. The molecule has 0 spiro atoms. The van der Waals surface area contributed by atoms with Crippen molar-refractivity contribution in [2.45, 2.75) is 25.4 Å². The monoisotopic (exact) mass is 231 g/mol. The summed E-state index contributed by atoms with van der Waals surface area (Å²) < 4.78 is 5.70. The van der Waals surface area contributed by atoms with Gasteiger partial charge >= 0.3 is 0 Å². The molecule has 4 heteroatoms. The summed E-state index contributed by atoms with van der Waals surface area (Å²) in [6.45, 7) is 1.76. The molecule has 0 N–H and O–H groups in total. The molecule has 0 saturated carbocycles. The van der Waals surface area contributed by atoms with Crippen molar-refractivity contribution >= 4 is 5.69 Å². The van der Waals surface area contributed by atoms with Crippen molar-refractivity contribution in [2.24, 2.45) is 0 Å². The van der Waals surface area contributed by atoms with Crippen LogP contribution in [0.25, 0.3) is 0 Å². The van der Waals surface area contributed by atoms with Crippen molar-refractivity contribution in [3.05, 3.63) is 24.0 Å². The summed E-state index contributed by atoms with van der Waals surface area (Å²) in [7, 11) is 2.03. The van der Waals surface area contributed by atoms with Crippen molar-refractivity contribution < 1.29 is 4.74 Å². The molecule has 0 radical (unpaired) electrons. The lowest BCUT2D eigenvalue weighted by atomic mass is 10.1. The summed E-state index contributed by atoms with van der Waals surface area (Å²) >= 11 is 0. The second-order valence-corrected chi connectivity index (χ2v) is 4.38. The summed E-state index contributed by atoms with van der Waals surface area (Å²) in [5.74, 6) is 0. The summed E-state index contributed by atoms with van der Waals surface area (Å²) in [6, 6.07) is 5.69.